The molecule has 0 unspecified atom stereocenters. The number of nitrogens with one attached hydrogen (secondary N) is 1. The van der Waals surface area contributed by atoms with Crippen molar-refractivity contribution in [3.05, 3.63) is 35.9 Å². The SMILES string of the molecule is CCN(Cc1ccccc1)[C@@H]1CCCC[C@H]1NCCO. The van der Waals surface area contributed by atoms with Crippen LogP contribution in [0.5, 0.6) is 0 Å². The van der Waals surface area contributed by atoms with Gasteiger partial charge in [0.25, 0.3) is 0 Å². The maximum absolute atomic E-state index is 9.04. The maximum atomic E-state index is 9.04. The second-order valence-electron chi connectivity index (χ2n) is 5.68. The molecule has 112 valence electrons. The molecule has 2 atom stereocenters. The van der Waals surface area contributed by atoms with Crippen LogP contribution in [-0.2, 0) is 6.54 Å². The molecular formula is C17H28N2O. The first-order chi connectivity index (χ1) is 9.85. The first kappa shape index (κ1) is 15.5. The lowest BCUT2D eigenvalue weighted by Crippen LogP contribution is -2.52. The third-order valence-electron chi connectivity index (χ3n) is 4.35. The molecule has 3 nitrogen and oxygen atoms in total. The molecule has 0 amide bonds. The van der Waals surface area contributed by atoms with Crippen molar-refractivity contribution in [2.24, 2.45) is 0 Å². The molecule has 0 radical (unpaired) electrons. The van der Waals surface area contributed by atoms with Crippen LogP contribution < -0.4 is 5.32 Å². The lowest BCUT2D eigenvalue weighted by atomic mass is 9.88. The van der Waals surface area contributed by atoms with Gasteiger partial charge in [0.1, 0.15) is 0 Å². The van der Waals surface area contributed by atoms with Gasteiger partial charge in [-0.1, -0.05) is 50.1 Å². The summed E-state index contributed by atoms with van der Waals surface area (Å²) in [5.41, 5.74) is 1.39. The topological polar surface area (TPSA) is 35.5 Å². The Hall–Kier alpha value is -0.900. The van der Waals surface area contributed by atoms with Gasteiger partial charge >= 0.3 is 0 Å². The molecule has 1 fully saturated rings. The zero-order chi connectivity index (χ0) is 14.2. The number of benzene rings is 1. The van der Waals surface area contributed by atoms with Crippen molar-refractivity contribution < 1.29 is 5.11 Å². The molecule has 1 aromatic rings. The minimum Gasteiger partial charge on any atom is -0.395 e. The third kappa shape index (κ3) is 4.30. The van der Waals surface area contributed by atoms with E-state index >= 15 is 0 Å². The number of rotatable bonds is 7. The van der Waals surface area contributed by atoms with Crippen molar-refractivity contribution >= 4 is 0 Å². The molecule has 1 aliphatic rings. The predicted octanol–water partition coefficient (Wildman–Crippen LogP) is 2.40. The fourth-order valence-electron chi connectivity index (χ4n) is 3.32. The van der Waals surface area contributed by atoms with E-state index in [0.29, 0.717) is 18.6 Å². The maximum Gasteiger partial charge on any atom is 0.0556 e. The summed E-state index contributed by atoms with van der Waals surface area (Å²) >= 11 is 0. The smallest absolute Gasteiger partial charge is 0.0556 e. The quantitative estimate of drug-likeness (QED) is 0.803. The van der Waals surface area contributed by atoms with Gasteiger partial charge in [0.15, 0.2) is 0 Å². The summed E-state index contributed by atoms with van der Waals surface area (Å²) in [6, 6.07) is 11.9. The average molecular weight is 276 g/mol. The van der Waals surface area contributed by atoms with Crippen molar-refractivity contribution in [1.29, 1.82) is 0 Å². The molecule has 3 heteroatoms. The Bertz CT molecular complexity index is 369. The number of hydrogen-bond donors (Lipinski definition) is 2. The van der Waals surface area contributed by atoms with Crippen LogP contribution in [0, 0.1) is 0 Å². The van der Waals surface area contributed by atoms with E-state index in [1.54, 1.807) is 0 Å². The molecule has 0 heterocycles. The molecule has 1 aliphatic carbocycles. The van der Waals surface area contributed by atoms with Crippen molar-refractivity contribution in [1.82, 2.24) is 10.2 Å². The van der Waals surface area contributed by atoms with Crippen LogP contribution in [-0.4, -0.2) is 41.8 Å². The van der Waals surface area contributed by atoms with E-state index in [1.807, 2.05) is 0 Å². The minimum atomic E-state index is 0.230. The summed E-state index contributed by atoms with van der Waals surface area (Å²) < 4.78 is 0. The van der Waals surface area contributed by atoms with Crippen LogP contribution >= 0.6 is 0 Å². The third-order valence-corrected chi connectivity index (χ3v) is 4.35. The van der Waals surface area contributed by atoms with E-state index in [2.05, 4.69) is 47.5 Å². The van der Waals surface area contributed by atoms with Crippen LogP contribution in [0.15, 0.2) is 30.3 Å². The fraction of sp³-hybridized carbons (Fsp3) is 0.647. The van der Waals surface area contributed by atoms with Gasteiger partial charge < -0.3 is 10.4 Å². The highest BCUT2D eigenvalue weighted by atomic mass is 16.3. The Kier molecular flexibility index (Phi) is 6.51. The molecule has 0 saturated heterocycles. The first-order valence-electron chi connectivity index (χ1n) is 7.97. The summed E-state index contributed by atoms with van der Waals surface area (Å²) in [6.45, 7) is 5.30. The van der Waals surface area contributed by atoms with Gasteiger partial charge in [-0.3, -0.25) is 4.90 Å². The van der Waals surface area contributed by atoms with Crippen molar-refractivity contribution in [2.75, 3.05) is 19.7 Å². The number of hydrogen-bond acceptors (Lipinski definition) is 3. The Balaban J connectivity index is 1.99. The molecule has 1 aromatic carbocycles. The molecule has 1 saturated carbocycles. The summed E-state index contributed by atoms with van der Waals surface area (Å²) in [4.78, 5) is 2.59. The molecule has 0 aromatic heterocycles. The lowest BCUT2D eigenvalue weighted by molar-refractivity contribution is 0.117. The van der Waals surface area contributed by atoms with E-state index in [0.717, 1.165) is 13.1 Å². The molecule has 0 spiro atoms. The molecule has 0 aliphatic heterocycles. The molecule has 2 N–H and O–H groups in total. The zero-order valence-corrected chi connectivity index (χ0v) is 12.6. The fourth-order valence-corrected chi connectivity index (χ4v) is 3.32. The van der Waals surface area contributed by atoms with Crippen molar-refractivity contribution in [2.45, 2.75) is 51.2 Å². The van der Waals surface area contributed by atoms with Gasteiger partial charge in [0, 0.05) is 25.2 Å². The largest absolute Gasteiger partial charge is 0.395 e. The van der Waals surface area contributed by atoms with Crippen LogP contribution in [0.25, 0.3) is 0 Å². The monoisotopic (exact) mass is 276 g/mol. The molecule has 0 bridgehead atoms. The van der Waals surface area contributed by atoms with Crippen molar-refractivity contribution in [3.8, 4) is 0 Å². The first-order valence-corrected chi connectivity index (χ1v) is 7.97. The normalized spacial score (nSPS) is 23.1. The molecule has 2 rings (SSSR count). The number of nitrogens with zero attached hydrogens (tertiary/aromatic N) is 1. The van der Waals surface area contributed by atoms with Crippen molar-refractivity contribution in [3.63, 3.8) is 0 Å². The van der Waals surface area contributed by atoms with E-state index in [9.17, 15) is 0 Å². The average Bonchev–Trinajstić information content (AvgIpc) is 2.52. The Morgan fingerprint density at radius 3 is 2.65 bits per heavy atom. The Labute approximate surface area is 123 Å². The zero-order valence-electron chi connectivity index (χ0n) is 12.6. The van der Waals surface area contributed by atoms with E-state index < -0.39 is 0 Å². The van der Waals surface area contributed by atoms with E-state index in [-0.39, 0.29) is 6.61 Å². The summed E-state index contributed by atoms with van der Waals surface area (Å²) in [5, 5.41) is 12.6. The van der Waals surface area contributed by atoms with Gasteiger partial charge in [0.2, 0.25) is 0 Å². The highest BCUT2D eigenvalue weighted by Gasteiger charge is 2.28. The van der Waals surface area contributed by atoms with Crippen LogP contribution in [0.3, 0.4) is 0 Å². The van der Waals surface area contributed by atoms with Gasteiger partial charge in [-0.15, -0.1) is 0 Å². The van der Waals surface area contributed by atoms with Crippen LogP contribution in [0.4, 0.5) is 0 Å². The second kappa shape index (κ2) is 8.40. The molecule has 20 heavy (non-hydrogen) atoms. The molecular weight excluding hydrogens is 248 g/mol. The Morgan fingerprint density at radius 1 is 1.20 bits per heavy atom. The van der Waals surface area contributed by atoms with Crippen LogP contribution in [0.1, 0.15) is 38.2 Å². The van der Waals surface area contributed by atoms with Gasteiger partial charge in [-0.05, 0) is 24.9 Å². The van der Waals surface area contributed by atoms with Gasteiger partial charge in [-0.2, -0.15) is 0 Å². The number of likely N-dealkylation sites (N-methyl/N-ethyl adjacent to an activating group) is 1. The lowest BCUT2D eigenvalue weighted by Gasteiger charge is -2.40. The van der Waals surface area contributed by atoms with E-state index in [1.165, 1.54) is 31.2 Å². The van der Waals surface area contributed by atoms with E-state index in [4.69, 9.17) is 5.11 Å². The highest BCUT2D eigenvalue weighted by Crippen LogP contribution is 2.24. The standard InChI is InChI=1S/C17H28N2O/c1-2-19(14-15-8-4-3-5-9-15)17-11-7-6-10-16(17)18-12-13-20/h3-5,8-9,16-18,20H,2,6-7,10-14H2,1H3/t16-,17-/m1/s1. The summed E-state index contributed by atoms with van der Waals surface area (Å²) in [5.74, 6) is 0. The summed E-state index contributed by atoms with van der Waals surface area (Å²) in [7, 11) is 0. The minimum absolute atomic E-state index is 0.230. The highest BCUT2D eigenvalue weighted by molar-refractivity contribution is 5.14. The predicted molar refractivity (Wildman–Crippen MR) is 83.7 cm³/mol. The van der Waals surface area contributed by atoms with Crippen LogP contribution in [0.2, 0.25) is 0 Å². The number of aliphatic hydroxyl groups is 1. The second-order valence-corrected chi connectivity index (χ2v) is 5.68. The van der Waals surface area contributed by atoms with Gasteiger partial charge in [-0.25, -0.2) is 0 Å². The Morgan fingerprint density at radius 2 is 1.95 bits per heavy atom. The number of aliphatic hydroxyl groups excluding tert-OH is 1. The van der Waals surface area contributed by atoms with Gasteiger partial charge in [0.05, 0.1) is 6.61 Å². The summed E-state index contributed by atoms with van der Waals surface area (Å²) in [6.07, 6.45) is 5.13.